The van der Waals surface area contributed by atoms with Crippen LogP contribution in [-0.4, -0.2) is 50.6 Å². The lowest BCUT2D eigenvalue weighted by atomic mass is 9.97. The van der Waals surface area contributed by atoms with Gasteiger partial charge >= 0.3 is 5.97 Å². The maximum Gasteiger partial charge on any atom is 0.335 e. The Hall–Kier alpha value is -3.09. The maximum absolute atomic E-state index is 11.3. The van der Waals surface area contributed by atoms with E-state index in [4.69, 9.17) is 9.84 Å². The molecule has 1 heterocycles. The number of carboxylic acids is 1. The molecule has 0 radical (unpaired) electrons. The average molecular weight is 504 g/mol. The Morgan fingerprint density at radius 2 is 1.56 bits per heavy atom. The molecular formula is C30H37NO4Si. The second-order valence-corrected chi connectivity index (χ2v) is 15.6. The molecule has 1 saturated heterocycles. The Kier molecular flexibility index (Phi) is 8.16. The van der Waals surface area contributed by atoms with Crippen molar-refractivity contribution in [2.45, 2.75) is 45.3 Å². The first-order valence-electron chi connectivity index (χ1n) is 12.9. The van der Waals surface area contributed by atoms with Crippen molar-refractivity contribution < 1.29 is 19.7 Å². The van der Waals surface area contributed by atoms with E-state index in [-0.39, 0.29) is 12.2 Å². The molecule has 2 N–H and O–H groups in total. The molecular weight excluding hydrogens is 466 g/mol. The minimum atomic E-state index is -1.62. The van der Waals surface area contributed by atoms with Gasteiger partial charge in [0.2, 0.25) is 0 Å². The normalized spacial score (nSPS) is 13.7. The van der Waals surface area contributed by atoms with E-state index in [1.165, 1.54) is 23.7 Å². The predicted molar refractivity (Wildman–Crippen MR) is 151 cm³/mol. The number of carbonyl (C=O) groups is 1. The van der Waals surface area contributed by atoms with Gasteiger partial charge in [0.15, 0.2) is 0 Å². The first-order chi connectivity index (χ1) is 17.3. The number of aromatic carboxylic acids is 1. The monoisotopic (exact) mass is 503 g/mol. The molecule has 0 spiro atoms. The summed E-state index contributed by atoms with van der Waals surface area (Å²) in [7, 11) is -1.62. The number of benzene rings is 3. The van der Waals surface area contributed by atoms with E-state index < -0.39 is 14.0 Å². The molecule has 0 aromatic heterocycles. The summed E-state index contributed by atoms with van der Waals surface area (Å²) in [5.74, 6) is -0.0971. The van der Waals surface area contributed by atoms with Crippen molar-refractivity contribution >= 4 is 24.9 Å². The fourth-order valence-electron chi connectivity index (χ4n) is 4.80. The predicted octanol–water partition coefficient (Wildman–Crippen LogP) is 6.02. The molecule has 3 aromatic rings. The maximum atomic E-state index is 11.3. The van der Waals surface area contributed by atoms with Crippen LogP contribution in [0.15, 0.2) is 60.7 Å². The van der Waals surface area contributed by atoms with Gasteiger partial charge in [0, 0.05) is 30.9 Å². The summed E-state index contributed by atoms with van der Waals surface area (Å²) in [6.07, 6.45) is 4.01. The first-order valence-corrected chi connectivity index (χ1v) is 16.4. The largest absolute Gasteiger partial charge is 0.493 e. The van der Waals surface area contributed by atoms with Gasteiger partial charge in [-0.15, -0.1) is 0 Å². The summed E-state index contributed by atoms with van der Waals surface area (Å²) in [4.78, 5) is 13.8. The zero-order chi connectivity index (χ0) is 25.7. The van der Waals surface area contributed by atoms with Gasteiger partial charge in [-0.2, -0.15) is 0 Å². The van der Waals surface area contributed by atoms with Gasteiger partial charge in [-0.3, -0.25) is 0 Å². The van der Waals surface area contributed by atoms with Crippen molar-refractivity contribution in [1.82, 2.24) is 0 Å². The highest BCUT2D eigenvalue weighted by Gasteiger charge is 2.25. The van der Waals surface area contributed by atoms with Crippen molar-refractivity contribution in [3.05, 3.63) is 66.2 Å². The van der Waals surface area contributed by atoms with E-state index in [0.29, 0.717) is 13.0 Å². The Bertz CT molecular complexity index is 1190. The molecule has 4 rings (SSSR count). The highest BCUT2D eigenvalue weighted by atomic mass is 28.3. The van der Waals surface area contributed by atoms with Gasteiger partial charge in [-0.25, -0.2) is 4.79 Å². The van der Waals surface area contributed by atoms with Crippen LogP contribution in [0.25, 0.3) is 22.3 Å². The molecule has 0 atom stereocenters. The van der Waals surface area contributed by atoms with Gasteiger partial charge in [0.1, 0.15) is 5.75 Å². The smallest absolute Gasteiger partial charge is 0.335 e. The van der Waals surface area contributed by atoms with Crippen LogP contribution in [0, 0.1) is 0 Å². The number of aliphatic hydroxyl groups is 1. The second-order valence-electron chi connectivity index (χ2n) is 10.5. The number of anilines is 1. The number of aliphatic hydroxyl groups excluding tert-OH is 1. The van der Waals surface area contributed by atoms with E-state index in [0.717, 1.165) is 47.5 Å². The molecule has 0 amide bonds. The molecule has 1 fully saturated rings. The Morgan fingerprint density at radius 3 is 2.19 bits per heavy atom. The topological polar surface area (TPSA) is 70.0 Å². The van der Waals surface area contributed by atoms with E-state index in [2.05, 4.69) is 48.8 Å². The van der Waals surface area contributed by atoms with Crippen LogP contribution in [0.2, 0.25) is 19.6 Å². The quantitative estimate of drug-likeness (QED) is 0.262. The molecule has 0 unspecified atom stereocenters. The third-order valence-electron chi connectivity index (χ3n) is 6.82. The van der Waals surface area contributed by atoms with E-state index >= 15 is 0 Å². The molecule has 0 saturated carbocycles. The van der Waals surface area contributed by atoms with Crippen LogP contribution in [-0.2, 0) is 0 Å². The Balaban J connectivity index is 1.77. The Morgan fingerprint density at radius 1 is 0.889 bits per heavy atom. The number of hydrogen-bond acceptors (Lipinski definition) is 4. The van der Waals surface area contributed by atoms with Crippen molar-refractivity contribution in [1.29, 1.82) is 0 Å². The highest BCUT2D eigenvalue weighted by molar-refractivity contribution is 6.89. The van der Waals surface area contributed by atoms with Crippen LogP contribution in [0.1, 0.15) is 36.0 Å². The van der Waals surface area contributed by atoms with Gasteiger partial charge in [0.05, 0.1) is 20.2 Å². The molecule has 5 nitrogen and oxygen atoms in total. The van der Waals surface area contributed by atoms with Crippen molar-refractivity contribution in [2.75, 3.05) is 31.2 Å². The van der Waals surface area contributed by atoms with Crippen LogP contribution >= 0.6 is 0 Å². The number of ether oxygens (including phenoxy) is 1. The molecule has 190 valence electrons. The number of unbranched alkanes of at least 4 members (excludes halogenated alkanes) is 1. The van der Waals surface area contributed by atoms with Crippen LogP contribution in [0.3, 0.4) is 0 Å². The van der Waals surface area contributed by atoms with Crippen molar-refractivity contribution in [3.8, 4) is 28.0 Å². The van der Waals surface area contributed by atoms with E-state index in [1.54, 1.807) is 12.1 Å². The number of carboxylic acid groups (broad SMARTS) is 1. The van der Waals surface area contributed by atoms with E-state index in [9.17, 15) is 9.90 Å². The third-order valence-corrected chi connectivity index (χ3v) is 8.83. The summed E-state index contributed by atoms with van der Waals surface area (Å²) in [5, 5.41) is 19.9. The SMILES string of the molecule is C[Si](C)(C)c1cc(-c2cc(-c3ccc(C(=O)O)cc3)ccc2OCCCCO)ccc1N1CCCC1. The molecule has 0 aliphatic carbocycles. The Labute approximate surface area is 215 Å². The van der Waals surface area contributed by atoms with Gasteiger partial charge in [-0.1, -0.05) is 50.0 Å². The molecule has 3 aromatic carbocycles. The lowest BCUT2D eigenvalue weighted by Gasteiger charge is -2.28. The van der Waals surface area contributed by atoms with Gasteiger partial charge in [-0.05, 0) is 77.9 Å². The number of hydrogen-bond donors (Lipinski definition) is 2. The molecule has 0 bridgehead atoms. The summed E-state index contributed by atoms with van der Waals surface area (Å²) in [5.41, 5.74) is 5.80. The highest BCUT2D eigenvalue weighted by Crippen LogP contribution is 2.36. The van der Waals surface area contributed by atoms with Gasteiger partial charge in [0.25, 0.3) is 0 Å². The fraction of sp³-hybridized carbons (Fsp3) is 0.367. The zero-order valence-corrected chi connectivity index (χ0v) is 22.6. The summed E-state index contributed by atoms with van der Waals surface area (Å²) in [6.45, 7) is 10.2. The van der Waals surface area contributed by atoms with Crippen LogP contribution in [0.5, 0.6) is 5.75 Å². The minimum Gasteiger partial charge on any atom is -0.493 e. The lowest BCUT2D eigenvalue weighted by molar-refractivity contribution is 0.0697. The summed E-state index contributed by atoms with van der Waals surface area (Å²) in [6, 6.07) is 20.1. The van der Waals surface area contributed by atoms with Crippen molar-refractivity contribution in [3.63, 3.8) is 0 Å². The average Bonchev–Trinajstić information content (AvgIpc) is 3.41. The summed E-state index contributed by atoms with van der Waals surface area (Å²) < 4.78 is 6.20. The first kappa shape index (κ1) is 26.0. The third kappa shape index (κ3) is 5.99. The van der Waals surface area contributed by atoms with Crippen molar-refractivity contribution in [2.24, 2.45) is 0 Å². The molecule has 1 aliphatic rings. The van der Waals surface area contributed by atoms with Gasteiger partial charge < -0.3 is 19.8 Å². The molecule has 6 heteroatoms. The van der Waals surface area contributed by atoms with E-state index in [1.807, 2.05) is 24.3 Å². The number of rotatable bonds is 10. The molecule has 1 aliphatic heterocycles. The lowest BCUT2D eigenvalue weighted by Crippen LogP contribution is -2.41. The standard InChI is InChI=1S/C30H37NO4Si/c1-36(2,3)29-21-25(12-14-27(29)31-16-4-5-17-31)26-20-24(13-15-28(26)35-19-7-6-18-32)22-8-10-23(11-9-22)30(33)34/h8-15,20-21,32H,4-7,16-19H2,1-3H3,(H,33,34). The van der Waals surface area contributed by atoms with Crippen LogP contribution < -0.4 is 14.8 Å². The number of nitrogens with zero attached hydrogens (tertiary/aromatic N) is 1. The van der Waals surface area contributed by atoms with Crippen LogP contribution in [0.4, 0.5) is 5.69 Å². The zero-order valence-electron chi connectivity index (χ0n) is 21.6. The second kappa shape index (κ2) is 11.3. The summed E-state index contributed by atoms with van der Waals surface area (Å²) >= 11 is 0. The molecule has 36 heavy (non-hydrogen) atoms. The minimum absolute atomic E-state index is 0.166. The fourth-order valence-corrected chi connectivity index (χ4v) is 6.40.